The second kappa shape index (κ2) is 4.22. The molecule has 0 spiro atoms. The van der Waals surface area contributed by atoms with E-state index in [1.807, 2.05) is 0 Å². The Kier molecular flexibility index (Phi) is 3.56. The number of halogens is 3. The zero-order chi connectivity index (χ0) is 11.8. The van der Waals surface area contributed by atoms with Crippen LogP contribution in [0.1, 0.15) is 0 Å². The first-order chi connectivity index (χ1) is 6.79. The summed E-state index contributed by atoms with van der Waals surface area (Å²) in [5.41, 5.74) is 0. The van der Waals surface area contributed by atoms with Crippen molar-refractivity contribution in [3.8, 4) is 0 Å². The number of aliphatic hydroxyl groups excluding tert-OH is 4. The van der Waals surface area contributed by atoms with Crippen LogP contribution in [-0.2, 0) is 4.74 Å². The second-order valence-corrected chi connectivity index (χ2v) is 3.30. The standard InChI is InChI=1S/C7H11F3O5/c8-7(9,10)3-5(13)4(12)2(1-11)15-6(3)14/h2-6,11-14H,1H2/t2-,3+,4-,5-,6?/m1/s1. The lowest BCUT2D eigenvalue weighted by molar-refractivity contribution is -0.334. The lowest BCUT2D eigenvalue weighted by atomic mass is 9.90. The first-order valence-electron chi connectivity index (χ1n) is 4.16. The maximum atomic E-state index is 12.3. The van der Waals surface area contributed by atoms with Gasteiger partial charge >= 0.3 is 6.18 Å². The molecule has 0 aromatic rings. The minimum Gasteiger partial charge on any atom is -0.394 e. The summed E-state index contributed by atoms with van der Waals surface area (Å²) in [6, 6.07) is 0. The van der Waals surface area contributed by atoms with Crippen LogP contribution in [0, 0.1) is 5.92 Å². The van der Waals surface area contributed by atoms with Crippen molar-refractivity contribution in [3.63, 3.8) is 0 Å². The Hall–Kier alpha value is -0.410. The maximum Gasteiger partial charge on any atom is 0.399 e. The van der Waals surface area contributed by atoms with Crippen molar-refractivity contribution in [2.24, 2.45) is 5.92 Å². The highest BCUT2D eigenvalue weighted by Gasteiger charge is 2.56. The minimum absolute atomic E-state index is 0.792. The zero-order valence-electron chi connectivity index (χ0n) is 7.42. The van der Waals surface area contributed by atoms with Gasteiger partial charge in [0, 0.05) is 0 Å². The van der Waals surface area contributed by atoms with E-state index in [1.54, 1.807) is 0 Å². The highest BCUT2D eigenvalue weighted by atomic mass is 19.4. The van der Waals surface area contributed by atoms with E-state index in [4.69, 9.17) is 20.4 Å². The lowest BCUT2D eigenvalue weighted by Gasteiger charge is -2.40. The van der Waals surface area contributed by atoms with Gasteiger partial charge < -0.3 is 25.2 Å². The maximum absolute atomic E-state index is 12.3. The number of rotatable bonds is 1. The normalized spacial score (nSPS) is 43.0. The van der Waals surface area contributed by atoms with E-state index in [1.165, 1.54) is 0 Å². The molecule has 1 fully saturated rings. The highest BCUT2D eigenvalue weighted by molar-refractivity contribution is 4.91. The first kappa shape index (κ1) is 12.7. The van der Waals surface area contributed by atoms with Crippen molar-refractivity contribution in [1.82, 2.24) is 0 Å². The van der Waals surface area contributed by atoms with Gasteiger partial charge in [0.1, 0.15) is 18.1 Å². The molecule has 0 aliphatic carbocycles. The van der Waals surface area contributed by atoms with E-state index in [-0.39, 0.29) is 0 Å². The largest absolute Gasteiger partial charge is 0.399 e. The van der Waals surface area contributed by atoms with Crippen molar-refractivity contribution in [1.29, 1.82) is 0 Å². The molecule has 90 valence electrons. The smallest absolute Gasteiger partial charge is 0.394 e. The Balaban J connectivity index is 2.84. The molecule has 1 unspecified atom stereocenters. The average Bonchev–Trinajstić information content (AvgIpc) is 2.09. The third kappa shape index (κ3) is 2.40. The molecule has 0 radical (unpaired) electrons. The van der Waals surface area contributed by atoms with Gasteiger partial charge in [-0.25, -0.2) is 0 Å². The zero-order valence-corrected chi connectivity index (χ0v) is 7.42. The second-order valence-electron chi connectivity index (χ2n) is 3.30. The van der Waals surface area contributed by atoms with Gasteiger partial charge in [-0.2, -0.15) is 13.2 Å². The molecule has 1 saturated heterocycles. The molecule has 0 saturated carbocycles. The van der Waals surface area contributed by atoms with Gasteiger partial charge in [-0.3, -0.25) is 0 Å². The number of hydrogen-bond donors (Lipinski definition) is 4. The molecule has 1 aliphatic heterocycles. The van der Waals surface area contributed by atoms with E-state index in [0.717, 1.165) is 0 Å². The summed E-state index contributed by atoms with van der Waals surface area (Å²) in [4.78, 5) is 0. The summed E-state index contributed by atoms with van der Waals surface area (Å²) < 4.78 is 41.2. The first-order valence-corrected chi connectivity index (χ1v) is 4.16. The summed E-state index contributed by atoms with van der Waals surface area (Å²) in [6.07, 6.45) is -12.7. The van der Waals surface area contributed by atoms with Gasteiger partial charge in [0.05, 0.1) is 12.7 Å². The van der Waals surface area contributed by atoms with E-state index in [9.17, 15) is 13.2 Å². The van der Waals surface area contributed by atoms with Gasteiger partial charge in [-0.05, 0) is 0 Å². The number of aliphatic hydroxyl groups is 4. The Morgan fingerprint density at radius 3 is 2.00 bits per heavy atom. The van der Waals surface area contributed by atoms with Gasteiger partial charge in [0.15, 0.2) is 6.29 Å². The van der Waals surface area contributed by atoms with Crippen LogP contribution in [0.15, 0.2) is 0 Å². The van der Waals surface area contributed by atoms with Crippen molar-refractivity contribution >= 4 is 0 Å². The van der Waals surface area contributed by atoms with Crippen LogP contribution >= 0.6 is 0 Å². The molecule has 0 bridgehead atoms. The molecule has 1 rings (SSSR count). The van der Waals surface area contributed by atoms with Crippen molar-refractivity contribution in [2.45, 2.75) is 30.8 Å². The van der Waals surface area contributed by atoms with Crippen molar-refractivity contribution < 1.29 is 38.3 Å². The monoisotopic (exact) mass is 232 g/mol. The molecule has 5 atom stereocenters. The number of hydrogen-bond acceptors (Lipinski definition) is 5. The molecule has 1 heterocycles. The fourth-order valence-corrected chi connectivity index (χ4v) is 1.45. The highest BCUT2D eigenvalue weighted by Crippen LogP contribution is 2.37. The quantitative estimate of drug-likeness (QED) is 0.446. The predicted octanol–water partition coefficient (Wildman–Crippen LogP) is -1.40. The van der Waals surface area contributed by atoms with Gasteiger partial charge in [-0.15, -0.1) is 0 Å². The molecule has 5 nitrogen and oxygen atoms in total. The molecule has 0 aromatic carbocycles. The van der Waals surface area contributed by atoms with Gasteiger partial charge in [-0.1, -0.05) is 0 Å². The molecular formula is C7H11F3O5. The Morgan fingerprint density at radius 1 is 1.07 bits per heavy atom. The lowest BCUT2D eigenvalue weighted by Crippen LogP contribution is -2.59. The Morgan fingerprint density at radius 2 is 1.60 bits per heavy atom. The minimum atomic E-state index is -4.89. The topological polar surface area (TPSA) is 90.2 Å². The van der Waals surface area contributed by atoms with Crippen molar-refractivity contribution in [3.05, 3.63) is 0 Å². The van der Waals surface area contributed by atoms with Crippen LogP contribution < -0.4 is 0 Å². The molecular weight excluding hydrogens is 221 g/mol. The fraction of sp³-hybridized carbons (Fsp3) is 1.00. The third-order valence-electron chi connectivity index (χ3n) is 2.28. The van der Waals surface area contributed by atoms with Crippen molar-refractivity contribution in [2.75, 3.05) is 6.61 Å². The summed E-state index contributed by atoms with van der Waals surface area (Å²) in [5.74, 6) is -2.57. The van der Waals surface area contributed by atoms with Gasteiger partial charge in [0.2, 0.25) is 0 Å². The molecule has 1 aliphatic rings. The molecule has 8 heteroatoms. The van der Waals surface area contributed by atoms with E-state index in [0.29, 0.717) is 0 Å². The van der Waals surface area contributed by atoms with E-state index < -0.39 is 43.3 Å². The number of ether oxygens (including phenoxy) is 1. The SMILES string of the molecule is OC[C@H]1OC(O)[C@@H](C(F)(F)F)[C@@H](O)[C@@H]1O. The summed E-state index contributed by atoms with van der Waals surface area (Å²) >= 11 is 0. The average molecular weight is 232 g/mol. The third-order valence-corrected chi connectivity index (χ3v) is 2.28. The van der Waals surface area contributed by atoms with Crippen LogP contribution in [0.25, 0.3) is 0 Å². The van der Waals surface area contributed by atoms with Crippen LogP contribution in [-0.4, -0.2) is 57.8 Å². The number of alkyl halides is 3. The predicted molar refractivity (Wildman–Crippen MR) is 39.5 cm³/mol. The molecule has 4 N–H and O–H groups in total. The van der Waals surface area contributed by atoms with Crippen LogP contribution in [0.3, 0.4) is 0 Å². The summed E-state index contributed by atoms with van der Waals surface area (Å²) in [7, 11) is 0. The van der Waals surface area contributed by atoms with Crippen LogP contribution in [0.2, 0.25) is 0 Å². The van der Waals surface area contributed by atoms with E-state index >= 15 is 0 Å². The summed E-state index contributed by atoms with van der Waals surface area (Å²) in [6.45, 7) is -0.792. The molecule has 0 aromatic heterocycles. The van der Waals surface area contributed by atoms with Gasteiger partial charge in [0.25, 0.3) is 0 Å². The van der Waals surface area contributed by atoms with E-state index in [2.05, 4.69) is 4.74 Å². The van der Waals surface area contributed by atoms with Crippen LogP contribution in [0.4, 0.5) is 13.2 Å². The fourth-order valence-electron chi connectivity index (χ4n) is 1.45. The summed E-state index contributed by atoms with van der Waals surface area (Å²) in [5, 5.41) is 35.8. The molecule has 15 heavy (non-hydrogen) atoms. The Bertz CT molecular complexity index is 221. The van der Waals surface area contributed by atoms with Crippen LogP contribution in [0.5, 0.6) is 0 Å². The Labute approximate surface area is 82.7 Å². The molecule has 0 amide bonds.